The third kappa shape index (κ3) is 1.41. The molecule has 0 aromatic carbocycles. The lowest BCUT2D eigenvalue weighted by Crippen LogP contribution is -2.37. The summed E-state index contributed by atoms with van der Waals surface area (Å²) >= 11 is 0. The van der Waals surface area contributed by atoms with Crippen LogP contribution in [0.5, 0.6) is 0 Å². The van der Waals surface area contributed by atoms with Crippen LogP contribution in [0.2, 0.25) is 0 Å². The van der Waals surface area contributed by atoms with Crippen molar-refractivity contribution < 1.29 is 9.47 Å². The van der Waals surface area contributed by atoms with Gasteiger partial charge in [0.25, 0.3) is 0 Å². The third-order valence-electron chi connectivity index (χ3n) is 2.35. The van der Waals surface area contributed by atoms with Crippen LogP contribution < -0.4 is 0 Å². The SMILES string of the molecule is CC1=CO[C@@H]2CCCO[C@H]2C1. The molecule has 0 aliphatic carbocycles. The highest BCUT2D eigenvalue weighted by atomic mass is 16.5. The van der Waals surface area contributed by atoms with Crippen molar-refractivity contribution in [2.75, 3.05) is 6.61 Å². The maximum atomic E-state index is 5.59. The zero-order valence-corrected chi connectivity index (χ0v) is 6.88. The van der Waals surface area contributed by atoms with Gasteiger partial charge in [-0.05, 0) is 25.3 Å². The molecular formula is C9H14O2. The topological polar surface area (TPSA) is 18.5 Å². The van der Waals surface area contributed by atoms with E-state index >= 15 is 0 Å². The monoisotopic (exact) mass is 154 g/mol. The zero-order chi connectivity index (χ0) is 7.68. The van der Waals surface area contributed by atoms with Crippen molar-refractivity contribution in [2.24, 2.45) is 0 Å². The predicted molar refractivity (Wildman–Crippen MR) is 42.2 cm³/mol. The van der Waals surface area contributed by atoms with E-state index in [1.165, 1.54) is 5.57 Å². The summed E-state index contributed by atoms with van der Waals surface area (Å²) in [5, 5.41) is 0. The zero-order valence-electron chi connectivity index (χ0n) is 6.88. The highest BCUT2D eigenvalue weighted by Gasteiger charge is 2.29. The van der Waals surface area contributed by atoms with Gasteiger partial charge in [0.1, 0.15) is 6.10 Å². The summed E-state index contributed by atoms with van der Waals surface area (Å²) < 4.78 is 11.1. The number of ether oxygens (including phenoxy) is 2. The van der Waals surface area contributed by atoms with Gasteiger partial charge in [0, 0.05) is 13.0 Å². The molecule has 2 heterocycles. The maximum Gasteiger partial charge on any atom is 0.124 e. The summed E-state index contributed by atoms with van der Waals surface area (Å²) in [7, 11) is 0. The summed E-state index contributed by atoms with van der Waals surface area (Å²) in [6.07, 6.45) is 5.93. The summed E-state index contributed by atoms with van der Waals surface area (Å²) in [6.45, 7) is 3.01. The first-order chi connectivity index (χ1) is 5.36. The fraction of sp³-hybridized carbons (Fsp3) is 0.778. The van der Waals surface area contributed by atoms with Crippen molar-refractivity contribution in [3.8, 4) is 0 Å². The normalized spacial score (nSPS) is 37.0. The van der Waals surface area contributed by atoms with Crippen molar-refractivity contribution >= 4 is 0 Å². The largest absolute Gasteiger partial charge is 0.495 e. The molecule has 2 aliphatic heterocycles. The lowest BCUT2D eigenvalue weighted by molar-refractivity contribution is -0.0874. The Kier molecular flexibility index (Phi) is 1.86. The lowest BCUT2D eigenvalue weighted by atomic mass is 9.98. The molecule has 2 heteroatoms. The molecule has 11 heavy (non-hydrogen) atoms. The molecule has 0 saturated carbocycles. The molecule has 0 bridgehead atoms. The smallest absolute Gasteiger partial charge is 0.124 e. The minimum Gasteiger partial charge on any atom is -0.495 e. The van der Waals surface area contributed by atoms with Crippen LogP contribution in [-0.2, 0) is 9.47 Å². The fourth-order valence-electron chi connectivity index (χ4n) is 1.73. The fourth-order valence-corrected chi connectivity index (χ4v) is 1.73. The van der Waals surface area contributed by atoms with Gasteiger partial charge in [0.15, 0.2) is 0 Å². The Morgan fingerprint density at radius 1 is 1.45 bits per heavy atom. The van der Waals surface area contributed by atoms with E-state index in [1.54, 1.807) is 0 Å². The Morgan fingerprint density at radius 2 is 2.36 bits per heavy atom. The van der Waals surface area contributed by atoms with Gasteiger partial charge in [-0.2, -0.15) is 0 Å². The molecule has 0 unspecified atom stereocenters. The standard InChI is InChI=1S/C9H14O2/c1-7-5-9-8(11-6-7)3-2-4-10-9/h6,8-9H,2-5H2,1H3/t8-,9+/m1/s1. The van der Waals surface area contributed by atoms with E-state index in [2.05, 4.69) is 6.92 Å². The van der Waals surface area contributed by atoms with Gasteiger partial charge in [-0.25, -0.2) is 0 Å². The van der Waals surface area contributed by atoms with Crippen LogP contribution in [0, 0.1) is 0 Å². The quantitative estimate of drug-likeness (QED) is 0.530. The molecule has 0 amide bonds. The first-order valence-corrected chi connectivity index (χ1v) is 4.29. The van der Waals surface area contributed by atoms with Crippen molar-refractivity contribution in [3.05, 3.63) is 11.8 Å². The van der Waals surface area contributed by atoms with E-state index < -0.39 is 0 Å². The molecule has 2 aliphatic rings. The highest BCUT2D eigenvalue weighted by Crippen LogP contribution is 2.26. The second-order valence-electron chi connectivity index (χ2n) is 3.39. The number of hydrogen-bond donors (Lipinski definition) is 0. The first-order valence-electron chi connectivity index (χ1n) is 4.29. The van der Waals surface area contributed by atoms with Gasteiger partial charge in [-0.15, -0.1) is 0 Å². The molecule has 1 saturated heterocycles. The molecule has 2 atom stereocenters. The first kappa shape index (κ1) is 7.17. The van der Waals surface area contributed by atoms with Crippen LogP contribution in [-0.4, -0.2) is 18.8 Å². The van der Waals surface area contributed by atoms with Crippen molar-refractivity contribution in [2.45, 2.75) is 38.4 Å². The van der Waals surface area contributed by atoms with Crippen molar-refractivity contribution in [1.82, 2.24) is 0 Å². The third-order valence-corrected chi connectivity index (χ3v) is 2.35. The van der Waals surface area contributed by atoms with Crippen LogP contribution in [0.1, 0.15) is 26.2 Å². The van der Waals surface area contributed by atoms with Gasteiger partial charge < -0.3 is 9.47 Å². The van der Waals surface area contributed by atoms with Crippen LogP contribution >= 0.6 is 0 Å². The van der Waals surface area contributed by atoms with Gasteiger partial charge in [0.05, 0.1) is 12.4 Å². The highest BCUT2D eigenvalue weighted by molar-refractivity contribution is 5.02. The average molecular weight is 154 g/mol. The Bertz CT molecular complexity index is 174. The van der Waals surface area contributed by atoms with Crippen molar-refractivity contribution in [3.63, 3.8) is 0 Å². The molecule has 0 aromatic rings. The van der Waals surface area contributed by atoms with E-state index in [4.69, 9.17) is 9.47 Å². The van der Waals surface area contributed by atoms with E-state index in [1.807, 2.05) is 6.26 Å². The Labute approximate surface area is 67.2 Å². The van der Waals surface area contributed by atoms with E-state index in [0.717, 1.165) is 25.9 Å². The number of rotatable bonds is 0. The maximum absolute atomic E-state index is 5.59. The number of hydrogen-bond acceptors (Lipinski definition) is 2. The second-order valence-corrected chi connectivity index (χ2v) is 3.39. The molecule has 0 radical (unpaired) electrons. The average Bonchev–Trinajstić information content (AvgIpc) is 2.04. The molecule has 0 spiro atoms. The van der Waals surface area contributed by atoms with E-state index in [-0.39, 0.29) is 0 Å². The minimum absolute atomic E-state index is 0.340. The van der Waals surface area contributed by atoms with E-state index in [0.29, 0.717) is 12.2 Å². The molecule has 0 N–H and O–H groups in total. The summed E-state index contributed by atoms with van der Waals surface area (Å²) in [4.78, 5) is 0. The summed E-state index contributed by atoms with van der Waals surface area (Å²) in [5.41, 5.74) is 1.30. The van der Waals surface area contributed by atoms with Gasteiger partial charge in [-0.3, -0.25) is 0 Å². The Hall–Kier alpha value is -0.500. The van der Waals surface area contributed by atoms with Gasteiger partial charge >= 0.3 is 0 Å². The lowest BCUT2D eigenvalue weighted by Gasteiger charge is -2.34. The second kappa shape index (κ2) is 2.86. The van der Waals surface area contributed by atoms with Crippen LogP contribution in [0.3, 0.4) is 0 Å². The van der Waals surface area contributed by atoms with Crippen LogP contribution in [0.25, 0.3) is 0 Å². The van der Waals surface area contributed by atoms with E-state index in [9.17, 15) is 0 Å². The molecule has 1 fully saturated rings. The van der Waals surface area contributed by atoms with Crippen LogP contribution in [0.4, 0.5) is 0 Å². The molecule has 0 aromatic heterocycles. The summed E-state index contributed by atoms with van der Waals surface area (Å²) in [6, 6.07) is 0. The van der Waals surface area contributed by atoms with Crippen LogP contribution in [0.15, 0.2) is 11.8 Å². The molecule has 62 valence electrons. The molecule has 2 nitrogen and oxygen atoms in total. The molecule has 2 rings (SSSR count). The van der Waals surface area contributed by atoms with Gasteiger partial charge in [-0.1, -0.05) is 0 Å². The number of fused-ring (bicyclic) bond motifs is 1. The van der Waals surface area contributed by atoms with Crippen molar-refractivity contribution in [1.29, 1.82) is 0 Å². The van der Waals surface area contributed by atoms with Gasteiger partial charge in [0.2, 0.25) is 0 Å². The summed E-state index contributed by atoms with van der Waals surface area (Å²) in [5.74, 6) is 0. The predicted octanol–water partition coefficient (Wildman–Crippen LogP) is 1.86. The molecular weight excluding hydrogens is 140 g/mol. The Balaban J connectivity index is 2.04. The minimum atomic E-state index is 0.340. The Morgan fingerprint density at radius 3 is 3.27 bits per heavy atom.